The molecule has 0 radical (unpaired) electrons. The Balaban J connectivity index is 1.49. The summed E-state index contributed by atoms with van der Waals surface area (Å²) in [5.74, 6) is 1.19. The average molecular weight is 417 g/mol. The van der Waals surface area contributed by atoms with Gasteiger partial charge in [-0.25, -0.2) is 4.98 Å². The van der Waals surface area contributed by atoms with Gasteiger partial charge in [-0.2, -0.15) is 0 Å². The van der Waals surface area contributed by atoms with E-state index in [1.165, 1.54) is 16.9 Å². The first-order valence-corrected chi connectivity index (χ1v) is 11.3. The van der Waals surface area contributed by atoms with Crippen LogP contribution >= 0.6 is 23.1 Å². The largest absolute Gasteiger partial charge is 0.301 e. The van der Waals surface area contributed by atoms with Gasteiger partial charge in [-0.05, 0) is 11.1 Å². The Labute approximate surface area is 178 Å². The van der Waals surface area contributed by atoms with Gasteiger partial charge in [-0.15, -0.1) is 11.8 Å². The molecule has 3 nitrogen and oxygen atoms in total. The molecule has 0 saturated carbocycles. The maximum atomic E-state index is 12.4. The molecular formula is C24H20N2OS2. The first-order valence-electron chi connectivity index (χ1n) is 9.33. The minimum Gasteiger partial charge on any atom is -0.301 e. The van der Waals surface area contributed by atoms with Gasteiger partial charge < -0.3 is 5.32 Å². The Hall–Kier alpha value is -2.89. The number of nitrogens with zero attached hydrogens (tertiary/aromatic N) is 1. The standard InChI is InChI=1S/C24H20N2OS2/c27-21(17-28-16-18-10-4-1-5-11-18)25-24-26-22(19-12-6-2-7-13-19)23(29-24)20-14-8-3-9-15-20/h1-15H,16-17H2,(H,25,26,27). The van der Waals surface area contributed by atoms with E-state index in [9.17, 15) is 4.79 Å². The van der Waals surface area contributed by atoms with Gasteiger partial charge in [0.2, 0.25) is 5.91 Å². The molecule has 0 unspecified atom stereocenters. The van der Waals surface area contributed by atoms with Gasteiger partial charge in [0.1, 0.15) is 0 Å². The fourth-order valence-electron chi connectivity index (χ4n) is 2.94. The zero-order valence-electron chi connectivity index (χ0n) is 15.7. The number of rotatable bonds is 7. The number of thioether (sulfide) groups is 1. The molecule has 1 aromatic heterocycles. The molecule has 0 saturated heterocycles. The molecule has 29 heavy (non-hydrogen) atoms. The Bertz CT molecular complexity index is 1010. The number of aromatic nitrogens is 1. The monoisotopic (exact) mass is 416 g/mol. The van der Waals surface area contributed by atoms with Gasteiger partial charge in [-0.1, -0.05) is 102 Å². The summed E-state index contributed by atoms with van der Waals surface area (Å²) >= 11 is 3.12. The van der Waals surface area contributed by atoms with Crippen molar-refractivity contribution in [3.8, 4) is 21.7 Å². The second-order valence-electron chi connectivity index (χ2n) is 6.46. The molecule has 1 amide bonds. The molecule has 3 aromatic carbocycles. The molecule has 0 fully saturated rings. The van der Waals surface area contributed by atoms with Gasteiger partial charge in [0.15, 0.2) is 5.13 Å². The molecule has 0 bridgehead atoms. The average Bonchev–Trinajstić information content (AvgIpc) is 3.19. The van der Waals surface area contributed by atoms with E-state index in [0.29, 0.717) is 10.9 Å². The molecule has 5 heteroatoms. The maximum absolute atomic E-state index is 12.4. The third-order valence-electron chi connectivity index (χ3n) is 4.30. The van der Waals surface area contributed by atoms with Crippen LogP contribution in [0, 0.1) is 0 Å². The molecule has 4 aromatic rings. The third-order valence-corrected chi connectivity index (χ3v) is 6.33. The predicted molar refractivity (Wildman–Crippen MR) is 124 cm³/mol. The zero-order chi connectivity index (χ0) is 19.9. The van der Waals surface area contributed by atoms with Crippen molar-refractivity contribution in [3.05, 3.63) is 96.6 Å². The van der Waals surface area contributed by atoms with Crippen LogP contribution in [0.5, 0.6) is 0 Å². The van der Waals surface area contributed by atoms with Crippen molar-refractivity contribution in [1.82, 2.24) is 4.98 Å². The fourth-order valence-corrected chi connectivity index (χ4v) is 4.74. The van der Waals surface area contributed by atoms with E-state index >= 15 is 0 Å². The number of benzene rings is 3. The van der Waals surface area contributed by atoms with Crippen molar-refractivity contribution in [2.45, 2.75) is 5.75 Å². The number of carbonyl (C=O) groups excluding carboxylic acids is 1. The minimum atomic E-state index is -0.0288. The summed E-state index contributed by atoms with van der Waals surface area (Å²) in [4.78, 5) is 18.2. The second-order valence-corrected chi connectivity index (χ2v) is 8.44. The summed E-state index contributed by atoms with van der Waals surface area (Å²) in [5, 5.41) is 3.61. The summed E-state index contributed by atoms with van der Waals surface area (Å²) in [6.45, 7) is 0. The van der Waals surface area contributed by atoms with Gasteiger partial charge in [0.05, 0.1) is 16.3 Å². The van der Waals surface area contributed by atoms with E-state index < -0.39 is 0 Å². The van der Waals surface area contributed by atoms with Crippen LogP contribution in [-0.2, 0) is 10.5 Å². The number of hydrogen-bond donors (Lipinski definition) is 1. The highest BCUT2D eigenvalue weighted by molar-refractivity contribution is 7.99. The summed E-state index contributed by atoms with van der Waals surface area (Å²) in [7, 11) is 0. The summed E-state index contributed by atoms with van der Waals surface area (Å²) in [6, 6.07) is 30.4. The van der Waals surface area contributed by atoms with Crippen LogP contribution in [0.25, 0.3) is 21.7 Å². The van der Waals surface area contributed by atoms with Crippen LogP contribution in [0.1, 0.15) is 5.56 Å². The van der Waals surface area contributed by atoms with Crippen molar-refractivity contribution in [3.63, 3.8) is 0 Å². The van der Waals surface area contributed by atoms with Gasteiger partial charge in [0, 0.05) is 11.3 Å². The van der Waals surface area contributed by atoms with E-state index in [2.05, 4.69) is 29.6 Å². The number of carbonyl (C=O) groups is 1. The lowest BCUT2D eigenvalue weighted by atomic mass is 10.1. The first kappa shape index (κ1) is 19.4. The normalized spacial score (nSPS) is 10.6. The minimum absolute atomic E-state index is 0.0288. The lowest BCUT2D eigenvalue weighted by molar-refractivity contribution is -0.113. The number of hydrogen-bond acceptors (Lipinski definition) is 4. The van der Waals surface area contributed by atoms with E-state index in [4.69, 9.17) is 4.98 Å². The van der Waals surface area contributed by atoms with Crippen LogP contribution in [0.4, 0.5) is 5.13 Å². The molecule has 0 aliphatic carbocycles. The summed E-state index contributed by atoms with van der Waals surface area (Å²) < 4.78 is 0. The van der Waals surface area contributed by atoms with E-state index in [1.807, 2.05) is 66.7 Å². The molecule has 0 aliphatic rings. The highest BCUT2D eigenvalue weighted by atomic mass is 32.2. The quantitative estimate of drug-likeness (QED) is 0.382. The van der Waals surface area contributed by atoms with Crippen molar-refractivity contribution < 1.29 is 4.79 Å². The maximum Gasteiger partial charge on any atom is 0.236 e. The van der Waals surface area contributed by atoms with E-state index in [-0.39, 0.29) is 5.91 Å². The predicted octanol–water partition coefficient (Wildman–Crippen LogP) is 6.35. The zero-order valence-corrected chi connectivity index (χ0v) is 17.4. The SMILES string of the molecule is O=C(CSCc1ccccc1)Nc1nc(-c2ccccc2)c(-c2ccccc2)s1. The molecule has 0 spiro atoms. The lowest BCUT2D eigenvalue weighted by Gasteiger charge is -2.02. The van der Waals surface area contributed by atoms with Crippen molar-refractivity contribution in [1.29, 1.82) is 0 Å². The first-order chi connectivity index (χ1) is 14.3. The van der Waals surface area contributed by atoms with Crippen molar-refractivity contribution in [2.75, 3.05) is 11.1 Å². The Morgan fingerprint density at radius 3 is 2.07 bits per heavy atom. The van der Waals surface area contributed by atoms with Crippen molar-refractivity contribution in [2.24, 2.45) is 0 Å². The van der Waals surface area contributed by atoms with E-state index in [1.54, 1.807) is 11.8 Å². The van der Waals surface area contributed by atoms with Crippen LogP contribution in [-0.4, -0.2) is 16.6 Å². The molecule has 0 aliphatic heterocycles. The molecule has 144 valence electrons. The number of anilines is 1. The molecule has 1 N–H and O–H groups in total. The number of nitrogens with one attached hydrogen (secondary N) is 1. The van der Waals surface area contributed by atoms with Crippen LogP contribution in [0.15, 0.2) is 91.0 Å². The van der Waals surface area contributed by atoms with E-state index in [0.717, 1.165) is 27.5 Å². The lowest BCUT2D eigenvalue weighted by Crippen LogP contribution is -2.13. The molecule has 1 heterocycles. The Kier molecular flexibility index (Phi) is 6.39. The second kappa shape index (κ2) is 9.54. The fraction of sp³-hybridized carbons (Fsp3) is 0.0833. The Morgan fingerprint density at radius 1 is 0.828 bits per heavy atom. The van der Waals surface area contributed by atoms with Gasteiger partial charge in [0.25, 0.3) is 0 Å². The number of amides is 1. The highest BCUT2D eigenvalue weighted by Gasteiger charge is 2.16. The Morgan fingerprint density at radius 2 is 1.41 bits per heavy atom. The van der Waals surface area contributed by atoms with Crippen LogP contribution in [0.2, 0.25) is 0 Å². The topological polar surface area (TPSA) is 42.0 Å². The van der Waals surface area contributed by atoms with Gasteiger partial charge >= 0.3 is 0 Å². The van der Waals surface area contributed by atoms with Crippen LogP contribution < -0.4 is 5.32 Å². The molecule has 0 atom stereocenters. The summed E-state index contributed by atoms with van der Waals surface area (Å²) in [6.07, 6.45) is 0. The number of thiazole rings is 1. The van der Waals surface area contributed by atoms with Crippen LogP contribution in [0.3, 0.4) is 0 Å². The molecule has 4 rings (SSSR count). The highest BCUT2D eigenvalue weighted by Crippen LogP contribution is 2.38. The van der Waals surface area contributed by atoms with Crippen molar-refractivity contribution >= 4 is 34.1 Å². The van der Waals surface area contributed by atoms with Gasteiger partial charge in [-0.3, -0.25) is 4.79 Å². The smallest absolute Gasteiger partial charge is 0.236 e. The third kappa shape index (κ3) is 5.13. The summed E-state index contributed by atoms with van der Waals surface area (Å²) in [5.41, 5.74) is 4.26. The molecular weight excluding hydrogens is 396 g/mol.